The minimum atomic E-state index is 0.285. The number of nitrogens with one attached hydrogen (secondary N) is 2. The molecule has 0 fully saturated rings. The molecule has 0 aliphatic rings. The first-order valence-corrected chi connectivity index (χ1v) is 7.52. The Bertz CT molecular complexity index is 577. The van der Waals surface area contributed by atoms with Crippen molar-refractivity contribution >= 4 is 22.2 Å². The summed E-state index contributed by atoms with van der Waals surface area (Å²) in [5.41, 5.74) is 3.40. The third-order valence-electron chi connectivity index (χ3n) is 3.33. The lowest BCUT2D eigenvalue weighted by molar-refractivity contribution is 0.664. The van der Waals surface area contributed by atoms with Crippen molar-refractivity contribution in [1.82, 2.24) is 10.3 Å². The second kappa shape index (κ2) is 6.24. The molecule has 0 spiro atoms. The zero-order valence-electron chi connectivity index (χ0n) is 12.7. The molecule has 108 valence electrons. The van der Waals surface area contributed by atoms with Crippen LogP contribution in [0.2, 0.25) is 0 Å². The zero-order valence-corrected chi connectivity index (χ0v) is 13.5. The van der Waals surface area contributed by atoms with E-state index < -0.39 is 0 Å². The van der Waals surface area contributed by atoms with Crippen molar-refractivity contribution in [3.8, 4) is 11.3 Å². The van der Waals surface area contributed by atoms with Crippen LogP contribution in [0.15, 0.2) is 24.3 Å². The van der Waals surface area contributed by atoms with E-state index >= 15 is 0 Å². The maximum Gasteiger partial charge on any atom is 0.183 e. The molecule has 2 N–H and O–H groups in total. The molecular weight excluding hydrogens is 268 g/mol. The SMILES string of the molecule is CNc1nc(-c2cccc(N(C)C)c2)c(C(C)NC)s1. The van der Waals surface area contributed by atoms with Crippen LogP contribution in [0.4, 0.5) is 10.8 Å². The molecule has 0 amide bonds. The van der Waals surface area contributed by atoms with E-state index in [9.17, 15) is 0 Å². The van der Waals surface area contributed by atoms with Crippen LogP contribution < -0.4 is 15.5 Å². The minimum absolute atomic E-state index is 0.285. The van der Waals surface area contributed by atoms with Gasteiger partial charge < -0.3 is 15.5 Å². The Balaban J connectivity index is 2.50. The van der Waals surface area contributed by atoms with Crippen LogP contribution in [0.25, 0.3) is 11.3 Å². The topological polar surface area (TPSA) is 40.2 Å². The average Bonchev–Trinajstić information content (AvgIpc) is 2.90. The van der Waals surface area contributed by atoms with Gasteiger partial charge in [-0.3, -0.25) is 0 Å². The first kappa shape index (κ1) is 14.8. The molecule has 20 heavy (non-hydrogen) atoms. The molecule has 1 aromatic carbocycles. The molecule has 1 heterocycles. The third kappa shape index (κ3) is 2.94. The molecule has 0 aliphatic carbocycles. The molecule has 5 heteroatoms. The van der Waals surface area contributed by atoms with Crippen molar-refractivity contribution in [3.63, 3.8) is 0 Å². The number of nitrogens with zero attached hydrogens (tertiary/aromatic N) is 2. The van der Waals surface area contributed by atoms with E-state index in [2.05, 4.69) is 60.8 Å². The lowest BCUT2D eigenvalue weighted by Crippen LogP contribution is -2.12. The average molecular weight is 290 g/mol. The van der Waals surface area contributed by atoms with E-state index in [0.717, 1.165) is 16.4 Å². The molecule has 1 aromatic heterocycles. The Morgan fingerprint density at radius 1 is 1.25 bits per heavy atom. The lowest BCUT2D eigenvalue weighted by Gasteiger charge is -2.14. The van der Waals surface area contributed by atoms with Gasteiger partial charge in [-0.1, -0.05) is 23.5 Å². The van der Waals surface area contributed by atoms with Gasteiger partial charge in [0, 0.05) is 38.4 Å². The van der Waals surface area contributed by atoms with Gasteiger partial charge in [-0.2, -0.15) is 0 Å². The quantitative estimate of drug-likeness (QED) is 0.887. The number of rotatable bonds is 5. The predicted molar refractivity (Wildman–Crippen MR) is 88.9 cm³/mol. The number of thiazole rings is 1. The Hall–Kier alpha value is -1.59. The maximum atomic E-state index is 4.72. The molecule has 0 radical (unpaired) electrons. The van der Waals surface area contributed by atoms with E-state index in [1.165, 1.54) is 10.6 Å². The third-order valence-corrected chi connectivity index (χ3v) is 4.59. The Morgan fingerprint density at radius 3 is 2.60 bits per heavy atom. The molecule has 0 saturated carbocycles. The van der Waals surface area contributed by atoms with Gasteiger partial charge in [0.15, 0.2) is 5.13 Å². The van der Waals surface area contributed by atoms with Crippen LogP contribution in [0, 0.1) is 0 Å². The molecule has 2 aromatic rings. The van der Waals surface area contributed by atoms with Crippen LogP contribution in [0.5, 0.6) is 0 Å². The van der Waals surface area contributed by atoms with Gasteiger partial charge >= 0.3 is 0 Å². The highest BCUT2D eigenvalue weighted by molar-refractivity contribution is 7.16. The first-order valence-electron chi connectivity index (χ1n) is 6.70. The summed E-state index contributed by atoms with van der Waals surface area (Å²) in [6.07, 6.45) is 0. The van der Waals surface area contributed by atoms with Crippen molar-refractivity contribution in [2.24, 2.45) is 0 Å². The maximum absolute atomic E-state index is 4.72. The summed E-state index contributed by atoms with van der Waals surface area (Å²) < 4.78 is 0. The number of anilines is 2. The van der Waals surface area contributed by atoms with Crippen LogP contribution in [0.1, 0.15) is 17.8 Å². The molecule has 1 atom stereocenters. The fourth-order valence-electron chi connectivity index (χ4n) is 2.00. The summed E-state index contributed by atoms with van der Waals surface area (Å²) in [6, 6.07) is 8.77. The second-order valence-electron chi connectivity index (χ2n) is 4.94. The highest BCUT2D eigenvalue weighted by atomic mass is 32.1. The highest BCUT2D eigenvalue weighted by Crippen LogP contribution is 2.36. The predicted octanol–water partition coefficient (Wildman–Crippen LogP) is 3.20. The number of hydrogen-bond acceptors (Lipinski definition) is 5. The van der Waals surface area contributed by atoms with Crippen molar-refractivity contribution in [2.45, 2.75) is 13.0 Å². The number of hydrogen-bond donors (Lipinski definition) is 2. The van der Waals surface area contributed by atoms with Gasteiger partial charge in [0.05, 0.1) is 10.6 Å². The van der Waals surface area contributed by atoms with Crippen LogP contribution in [-0.4, -0.2) is 33.2 Å². The normalized spacial score (nSPS) is 12.2. The van der Waals surface area contributed by atoms with Gasteiger partial charge in [-0.15, -0.1) is 0 Å². The highest BCUT2D eigenvalue weighted by Gasteiger charge is 2.17. The zero-order chi connectivity index (χ0) is 14.7. The summed E-state index contributed by atoms with van der Waals surface area (Å²) in [7, 11) is 7.99. The largest absolute Gasteiger partial charge is 0.378 e. The van der Waals surface area contributed by atoms with E-state index in [4.69, 9.17) is 4.98 Å². The fraction of sp³-hybridized carbons (Fsp3) is 0.400. The van der Waals surface area contributed by atoms with Gasteiger partial charge in [0.1, 0.15) is 0 Å². The smallest absolute Gasteiger partial charge is 0.183 e. The number of benzene rings is 1. The fourth-order valence-corrected chi connectivity index (χ4v) is 3.00. The van der Waals surface area contributed by atoms with Crippen LogP contribution >= 0.6 is 11.3 Å². The van der Waals surface area contributed by atoms with E-state index in [1.54, 1.807) is 11.3 Å². The van der Waals surface area contributed by atoms with E-state index in [0.29, 0.717) is 0 Å². The summed E-state index contributed by atoms with van der Waals surface area (Å²) in [5.74, 6) is 0. The monoisotopic (exact) mass is 290 g/mol. The van der Waals surface area contributed by atoms with Gasteiger partial charge in [0.2, 0.25) is 0 Å². The molecule has 0 bridgehead atoms. The van der Waals surface area contributed by atoms with E-state index in [-0.39, 0.29) is 6.04 Å². The van der Waals surface area contributed by atoms with Crippen LogP contribution in [0.3, 0.4) is 0 Å². The standard InChI is InChI=1S/C15H22N4S/c1-10(16-2)14-13(18-15(17-3)20-14)11-7-6-8-12(9-11)19(4)5/h6-10,16H,1-5H3,(H,17,18). The Kier molecular flexibility index (Phi) is 4.62. The first-order chi connectivity index (χ1) is 9.56. The number of aromatic nitrogens is 1. The molecule has 4 nitrogen and oxygen atoms in total. The summed E-state index contributed by atoms with van der Waals surface area (Å²) in [6.45, 7) is 2.16. The lowest BCUT2D eigenvalue weighted by atomic mass is 10.1. The van der Waals surface area contributed by atoms with Gasteiger partial charge in [-0.25, -0.2) is 4.98 Å². The minimum Gasteiger partial charge on any atom is -0.378 e. The molecule has 0 saturated heterocycles. The molecular formula is C15H22N4S. The molecule has 1 unspecified atom stereocenters. The summed E-state index contributed by atoms with van der Waals surface area (Å²) >= 11 is 1.70. The van der Waals surface area contributed by atoms with E-state index in [1.807, 2.05) is 14.1 Å². The summed E-state index contributed by atoms with van der Waals surface area (Å²) in [4.78, 5) is 8.08. The Morgan fingerprint density at radius 2 is 2.00 bits per heavy atom. The second-order valence-corrected chi connectivity index (χ2v) is 5.97. The van der Waals surface area contributed by atoms with Gasteiger partial charge in [0.25, 0.3) is 0 Å². The Labute approximate surface area is 124 Å². The van der Waals surface area contributed by atoms with Crippen LogP contribution in [-0.2, 0) is 0 Å². The van der Waals surface area contributed by atoms with Gasteiger partial charge in [-0.05, 0) is 26.1 Å². The van der Waals surface area contributed by atoms with Crippen molar-refractivity contribution < 1.29 is 0 Å². The molecule has 0 aliphatic heterocycles. The van der Waals surface area contributed by atoms with Crippen molar-refractivity contribution in [3.05, 3.63) is 29.1 Å². The molecule has 2 rings (SSSR count). The van der Waals surface area contributed by atoms with Crippen molar-refractivity contribution in [1.29, 1.82) is 0 Å². The summed E-state index contributed by atoms with van der Waals surface area (Å²) in [5, 5.41) is 7.39. The van der Waals surface area contributed by atoms with Crippen molar-refractivity contribution in [2.75, 3.05) is 38.4 Å².